The fraction of sp³-hybridized carbons (Fsp3) is 0.494. The quantitative estimate of drug-likeness (QED) is 0.0181. The van der Waals surface area contributed by atoms with Crippen molar-refractivity contribution >= 4 is 95.1 Å². The molecule has 3 heterocycles. The summed E-state index contributed by atoms with van der Waals surface area (Å²) in [7, 11) is -9.27. The highest BCUT2D eigenvalue weighted by molar-refractivity contribution is 7.99. The van der Waals surface area contributed by atoms with Gasteiger partial charge in [-0.1, -0.05) is 106 Å². The number of aliphatic hydroxyl groups excluding tert-OH is 1. The van der Waals surface area contributed by atoms with Gasteiger partial charge in [-0.05, 0) is 153 Å². The average molecular weight is 1580 g/mol. The number of likely N-dealkylation sites (N-methyl/N-ethyl adjacent to an activating group) is 1. The maximum absolute atomic E-state index is 14.5. The summed E-state index contributed by atoms with van der Waals surface area (Å²) in [4.78, 5) is 66.5. The number of hydrogen-bond acceptors (Lipinski definition) is 20. The lowest BCUT2D eigenvalue weighted by atomic mass is 9.73. The molecule has 9 rings (SSSR count). The van der Waals surface area contributed by atoms with Crippen LogP contribution in [0.15, 0.2) is 147 Å². The van der Waals surface area contributed by atoms with Crippen molar-refractivity contribution in [3.05, 3.63) is 160 Å². The zero-order chi connectivity index (χ0) is 77.3. The van der Waals surface area contributed by atoms with Gasteiger partial charge in [0.1, 0.15) is 23.6 Å². The number of aromatic nitrogens is 1. The minimum absolute atomic E-state index is 0.0385. The summed E-state index contributed by atoms with van der Waals surface area (Å²) in [5.74, 6) is -2.25. The third-order valence-electron chi connectivity index (χ3n) is 19.2. The fourth-order valence-electron chi connectivity index (χ4n) is 13.1. The van der Waals surface area contributed by atoms with Crippen molar-refractivity contribution in [1.29, 1.82) is 0 Å². The van der Waals surface area contributed by atoms with Crippen molar-refractivity contribution in [1.82, 2.24) is 35.0 Å². The smallest absolute Gasteiger partial charge is 0.391 e. The minimum Gasteiger partial charge on any atom is -0.391 e. The van der Waals surface area contributed by atoms with Crippen LogP contribution in [0, 0.1) is 17.8 Å². The Morgan fingerprint density at radius 3 is 2.07 bits per heavy atom. The SMILES string of the molecule is Cc1ncsc1-c1ccc([C@H](C)NC(=O)[C@@H]2C[C@@H](O)CN2C(=O)[C@@H](NC(=O)COCCOCCOCCOCCN(C)CCC(CSc2ccccc2)Nc2ccc(S(=O)(=O)NC(=O)c3ccc(N4CCN(CC5=C(c6ccc(Cl)cc6)CCC(C)(C)C5)CC4)cc3)cc2S(=O)(=O)C(F)(F)F)C(C)(C)C)cc1. The number of aliphatic hydroxyl groups is 1. The predicted molar refractivity (Wildman–Crippen MR) is 412 cm³/mol. The van der Waals surface area contributed by atoms with Crippen LogP contribution < -0.4 is 25.6 Å². The average Bonchev–Trinajstić information content (AvgIpc) is 1.21. The fourth-order valence-corrected chi connectivity index (χ4v) is 17.0. The van der Waals surface area contributed by atoms with Crippen LogP contribution in [0.3, 0.4) is 0 Å². The van der Waals surface area contributed by atoms with Gasteiger partial charge >= 0.3 is 5.51 Å². The molecule has 5 aromatic carbocycles. The molecule has 2 saturated heterocycles. The summed E-state index contributed by atoms with van der Waals surface area (Å²) in [6, 6.07) is 30.7. The first-order valence-corrected chi connectivity index (χ1v) is 41.1. The molecule has 582 valence electrons. The molecular weight excluding hydrogens is 1480 g/mol. The van der Waals surface area contributed by atoms with Crippen LogP contribution in [0.1, 0.15) is 107 Å². The minimum atomic E-state index is -6.16. The number of piperazine rings is 1. The number of carbonyl (C=O) groups is 4. The lowest BCUT2D eigenvalue weighted by molar-refractivity contribution is -0.144. The van der Waals surface area contributed by atoms with Crippen LogP contribution in [-0.2, 0) is 53.2 Å². The number of likely N-dealkylation sites (tertiary alicyclic amines) is 1. The van der Waals surface area contributed by atoms with E-state index in [0.29, 0.717) is 50.3 Å². The van der Waals surface area contributed by atoms with Crippen LogP contribution in [0.4, 0.5) is 24.5 Å². The van der Waals surface area contributed by atoms with E-state index < -0.39 is 100 Å². The number of thioether (sulfide) groups is 1. The normalized spacial score (nSPS) is 17.6. The Morgan fingerprint density at radius 1 is 0.804 bits per heavy atom. The highest BCUT2D eigenvalue weighted by Gasteiger charge is 2.49. The van der Waals surface area contributed by atoms with E-state index in [9.17, 15) is 54.3 Å². The van der Waals surface area contributed by atoms with E-state index in [4.69, 9.17) is 30.5 Å². The zero-order valence-electron chi connectivity index (χ0n) is 61.8. The molecule has 107 heavy (non-hydrogen) atoms. The molecule has 2 fully saturated rings. The zero-order valence-corrected chi connectivity index (χ0v) is 65.8. The molecule has 4 amide bonds. The Balaban J connectivity index is 0.684. The maximum Gasteiger partial charge on any atom is 0.501 e. The molecule has 1 aromatic heterocycles. The number of rotatable bonds is 36. The molecule has 6 aromatic rings. The Labute approximate surface area is 639 Å². The van der Waals surface area contributed by atoms with E-state index in [0.717, 1.165) is 83.3 Å². The Bertz CT molecular complexity index is 4220. The molecule has 3 aliphatic rings. The highest BCUT2D eigenvalue weighted by atomic mass is 35.5. The molecule has 5 atom stereocenters. The molecule has 5 N–H and O–H groups in total. The number of thiazole rings is 1. The number of sulfonamides is 1. The van der Waals surface area contributed by atoms with E-state index in [2.05, 4.69) is 56.7 Å². The lowest BCUT2D eigenvalue weighted by Gasteiger charge is -2.39. The first-order valence-electron chi connectivity index (χ1n) is 35.8. The van der Waals surface area contributed by atoms with Gasteiger partial charge in [0, 0.05) is 85.2 Å². The van der Waals surface area contributed by atoms with E-state index in [1.54, 1.807) is 49.8 Å². The number of alkyl halides is 3. The van der Waals surface area contributed by atoms with Gasteiger partial charge in [0.15, 0.2) is 0 Å². The molecule has 0 saturated carbocycles. The Morgan fingerprint density at radius 2 is 1.44 bits per heavy atom. The number of hydrogen-bond donors (Lipinski definition) is 5. The van der Waals surface area contributed by atoms with E-state index in [1.165, 1.54) is 45.5 Å². The van der Waals surface area contributed by atoms with E-state index in [-0.39, 0.29) is 75.9 Å². The number of benzene rings is 5. The summed E-state index contributed by atoms with van der Waals surface area (Å²) in [6.07, 6.45) is 2.51. The Hall–Kier alpha value is -7.00. The molecule has 0 bridgehead atoms. The monoisotopic (exact) mass is 1580 g/mol. The number of sulfone groups is 1. The number of halogens is 4. The van der Waals surface area contributed by atoms with Gasteiger partial charge in [-0.25, -0.2) is 26.5 Å². The third kappa shape index (κ3) is 24.0. The summed E-state index contributed by atoms with van der Waals surface area (Å²) in [5.41, 5.74) is 2.53. The standard InChI is InChI=1S/C77H99ClF3N9O13S4/c1-52(54-14-16-56(17-15-54)70-53(2)82-51-105-70)83-73(94)67-44-62(91)48-90(67)74(95)71(75(3,4)5)85-69(92)49-103-43-42-102-41-40-101-39-38-100-37-36-87(8)31-29-60(50-104-63-12-10-9-11-13-63)84-66-27-26-64(45-68(66)106(96,97)77(79,80)81)107(98,99)86-72(93)57-20-24-61(25-21-57)89-34-32-88(33-35-89)47-58-46-76(6,7)30-28-65(58)55-18-22-59(78)23-19-55/h9-27,45,51-52,60,62,67,71,84,91H,28-44,46-50H2,1-8H3,(H,83,94)(H,85,92)(H,86,93)/t52-,60?,62+,67-,71+/m0/s1. The van der Waals surface area contributed by atoms with Gasteiger partial charge in [-0.3, -0.25) is 24.1 Å². The van der Waals surface area contributed by atoms with Crippen molar-refractivity contribution in [3.63, 3.8) is 0 Å². The van der Waals surface area contributed by atoms with Crippen molar-refractivity contribution in [2.45, 2.75) is 131 Å². The van der Waals surface area contributed by atoms with Gasteiger partial charge in [0.25, 0.3) is 25.8 Å². The molecule has 22 nitrogen and oxygen atoms in total. The summed E-state index contributed by atoms with van der Waals surface area (Å²) >= 11 is 9.16. The molecule has 0 radical (unpaired) electrons. The predicted octanol–water partition coefficient (Wildman–Crippen LogP) is 11.3. The number of nitrogens with one attached hydrogen (secondary N) is 4. The van der Waals surface area contributed by atoms with Gasteiger partial charge in [0.05, 0.1) is 85.1 Å². The number of allylic oxidation sites excluding steroid dienone is 1. The molecule has 1 aliphatic carbocycles. The van der Waals surface area contributed by atoms with Gasteiger partial charge in [-0.2, -0.15) is 13.2 Å². The van der Waals surface area contributed by atoms with Gasteiger partial charge in [0.2, 0.25) is 17.7 Å². The number of carbonyl (C=O) groups excluding carboxylic acids is 4. The number of nitrogens with zero attached hydrogens (tertiary/aromatic N) is 5. The van der Waals surface area contributed by atoms with Crippen molar-refractivity contribution in [2.24, 2.45) is 10.8 Å². The molecule has 1 unspecified atom stereocenters. The molecule has 0 spiro atoms. The maximum atomic E-state index is 14.5. The van der Waals surface area contributed by atoms with Gasteiger partial charge < -0.3 is 54.7 Å². The first-order chi connectivity index (χ1) is 50.7. The summed E-state index contributed by atoms with van der Waals surface area (Å²) in [5, 5.41) is 20.2. The highest BCUT2D eigenvalue weighted by Crippen LogP contribution is 2.44. The van der Waals surface area contributed by atoms with Gasteiger partial charge in [-0.15, -0.1) is 23.1 Å². The summed E-state index contributed by atoms with van der Waals surface area (Å²) < 4.78 is 122. The largest absolute Gasteiger partial charge is 0.501 e. The van der Waals surface area contributed by atoms with E-state index in [1.807, 2.05) is 97.2 Å². The second-order valence-corrected chi connectivity index (χ2v) is 35.1. The number of aryl methyl sites for hydroxylation is 1. The summed E-state index contributed by atoms with van der Waals surface area (Å²) in [6.45, 7) is 19.5. The Kier molecular flexibility index (Phi) is 29.9. The number of β-amino-alcohol motifs (C(OH)–C–C–N with tert-alkyl or cyclic N) is 1. The lowest BCUT2D eigenvalue weighted by Crippen LogP contribution is -2.58. The number of ether oxygens (including phenoxy) is 4. The first kappa shape index (κ1) is 84.0. The number of amides is 4. The van der Waals surface area contributed by atoms with Crippen molar-refractivity contribution in [2.75, 3.05) is 128 Å². The molecule has 2 aliphatic heterocycles. The van der Waals surface area contributed by atoms with Crippen LogP contribution in [0.2, 0.25) is 5.02 Å². The molecular formula is C77H99ClF3N9O13S4. The second kappa shape index (κ2) is 38.1. The second-order valence-electron chi connectivity index (χ2n) is 29.1. The number of anilines is 2. The van der Waals surface area contributed by atoms with Crippen LogP contribution in [0.25, 0.3) is 16.0 Å². The van der Waals surface area contributed by atoms with E-state index >= 15 is 0 Å². The molecule has 30 heteroatoms. The topological polar surface area (TPSA) is 268 Å². The van der Waals surface area contributed by atoms with Crippen molar-refractivity contribution in [3.8, 4) is 10.4 Å². The van der Waals surface area contributed by atoms with Crippen LogP contribution in [-0.4, -0.2) is 213 Å². The van der Waals surface area contributed by atoms with Crippen molar-refractivity contribution < 1.29 is 73.2 Å². The van der Waals surface area contributed by atoms with Crippen LogP contribution in [0.5, 0.6) is 0 Å². The third-order valence-corrected chi connectivity index (χ3v) is 24.4. The van der Waals surface area contributed by atoms with Crippen LogP contribution >= 0.6 is 34.7 Å².